The van der Waals surface area contributed by atoms with Crippen molar-refractivity contribution in [3.8, 4) is 0 Å². The number of carbonyl (C=O) groups excluding carboxylic acids is 1. The molecule has 1 aromatic carbocycles. The van der Waals surface area contributed by atoms with Crippen LogP contribution in [0.15, 0.2) is 67.3 Å². The van der Waals surface area contributed by atoms with Crippen LogP contribution in [0.1, 0.15) is 28.8 Å². The normalized spacial score (nSPS) is 15.0. The van der Waals surface area contributed by atoms with Gasteiger partial charge in [0.25, 0.3) is 5.91 Å². The molecule has 4 rings (SSSR count). The van der Waals surface area contributed by atoms with E-state index in [2.05, 4.69) is 54.8 Å². The lowest BCUT2D eigenvalue weighted by atomic mass is 10.0. The monoisotopic (exact) mass is 388 g/mol. The molecule has 1 aliphatic heterocycles. The average molecular weight is 388 g/mol. The minimum atomic E-state index is -0.100. The average Bonchev–Trinajstić information content (AvgIpc) is 2.77. The van der Waals surface area contributed by atoms with Crippen molar-refractivity contribution in [3.05, 3.63) is 78.4 Å². The summed E-state index contributed by atoms with van der Waals surface area (Å²) in [7, 11) is 0. The van der Waals surface area contributed by atoms with Gasteiger partial charge in [-0.3, -0.25) is 14.7 Å². The zero-order valence-corrected chi connectivity index (χ0v) is 16.2. The van der Waals surface area contributed by atoms with Crippen molar-refractivity contribution in [2.75, 3.05) is 18.4 Å². The van der Waals surface area contributed by atoms with Crippen LogP contribution in [0, 0.1) is 0 Å². The lowest BCUT2D eigenvalue weighted by Gasteiger charge is -2.32. The number of rotatable bonds is 6. The number of nitrogens with one attached hydrogen (secondary N) is 2. The molecule has 3 aromatic rings. The van der Waals surface area contributed by atoms with Crippen molar-refractivity contribution >= 4 is 17.5 Å². The van der Waals surface area contributed by atoms with Crippen molar-refractivity contribution in [1.82, 2.24) is 25.2 Å². The van der Waals surface area contributed by atoms with Gasteiger partial charge in [-0.2, -0.15) is 0 Å². The van der Waals surface area contributed by atoms with Crippen LogP contribution < -0.4 is 10.6 Å². The van der Waals surface area contributed by atoms with Gasteiger partial charge in [-0.25, -0.2) is 9.97 Å². The van der Waals surface area contributed by atoms with Crippen molar-refractivity contribution in [2.24, 2.45) is 0 Å². The Morgan fingerprint density at radius 1 is 1.03 bits per heavy atom. The van der Waals surface area contributed by atoms with Crippen molar-refractivity contribution in [3.63, 3.8) is 0 Å². The van der Waals surface area contributed by atoms with Gasteiger partial charge >= 0.3 is 0 Å². The van der Waals surface area contributed by atoms with E-state index in [0.717, 1.165) is 32.5 Å². The minimum Gasteiger partial charge on any atom is -0.349 e. The summed E-state index contributed by atoms with van der Waals surface area (Å²) in [6.07, 6.45) is 8.43. The molecular formula is C22H24N6O. The number of pyridine rings is 1. The molecule has 1 aliphatic rings. The second-order valence-electron chi connectivity index (χ2n) is 7.17. The van der Waals surface area contributed by atoms with Gasteiger partial charge < -0.3 is 10.6 Å². The van der Waals surface area contributed by atoms with E-state index in [4.69, 9.17) is 0 Å². The standard InChI is InChI=1S/C22H24N6O/c29-21(18-13-20(15-23-14-18)27-22-24-9-4-10-25-22)26-19-7-11-28(12-8-19)16-17-5-2-1-3-6-17/h1-6,9-10,13-15,19H,7-8,11-12,16H2,(H,26,29)(H,24,25,27). The van der Waals surface area contributed by atoms with Gasteiger partial charge in [0.15, 0.2) is 0 Å². The van der Waals surface area contributed by atoms with Crippen LogP contribution in [0.4, 0.5) is 11.6 Å². The van der Waals surface area contributed by atoms with Gasteiger partial charge in [-0.05, 0) is 30.5 Å². The third-order valence-electron chi connectivity index (χ3n) is 4.99. The number of piperidine rings is 1. The third-order valence-corrected chi connectivity index (χ3v) is 4.99. The Labute approximate surface area is 170 Å². The maximum atomic E-state index is 12.7. The molecule has 7 nitrogen and oxygen atoms in total. The number of amides is 1. The lowest BCUT2D eigenvalue weighted by molar-refractivity contribution is 0.0908. The molecule has 2 N–H and O–H groups in total. The summed E-state index contributed by atoms with van der Waals surface area (Å²) >= 11 is 0. The number of anilines is 2. The molecule has 0 spiro atoms. The predicted octanol–water partition coefficient (Wildman–Crippen LogP) is 3.01. The fourth-order valence-corrected chi connectivity index (χ4v) is 3.47. The van der Waals surface area contributed by atoms with Crippen LogP contribution in [-0.4, -0.2) is 44.9 Å². The van der Waals surface area contributed by atoms with Crippen LogP contribution in [0.25, 0.3) is 0 Å². The molecule has 2 aromatic heterocycles. The lowest BCUT2D eigenvalue weighted by Crippen LogP contribution is -2.44. The fourth-order valence-electron chi connectivity index (χ4n) is 3.47. The summed E-state index contributed by atoms with van der Waals surface area (Å²) in [5.41, 5.74) is 2.53. The second kappa shape index (κ2) is 9.25. The number of hydrogen-bond donors (Lipinski definition) is 2. The van der Waals surface area contributed by atoms with Crippen molar-refractivity contribution in [1.29, 1.82) is 0 Å². The van der Waals surface area contributed by atoms with Crippen molar-refractivity contribution in [2.45, 2.75) is 25.4 Å². The van der Waals surface area contributed by atoms with Gasteiger partial charge in [0.05, 0.1) is 17.4 Å². The largest absolute Gasteiger partial charge is 0.349 e. The van der Waals surface area contributed by atoms with E-state index in [1.165, 1.54) is 5.56 Å². The van der Waals surface area contributed by atoms with Gasteiger partial charge in [0.2, 0.25) is 5.95 Å². The molecule has 0 radical (unpaired) electrons. The third kappa shape index (κ3) is 5.36. The van der Waals surface area contributed by atoms with E-state index in [1.807, 2.05) is 6.07 Å². The van der Waals surface area contributed by atoms with Crippen LogP contribution in [0.2, 0.25) is 0 Å². The molecule has 0 unspecified atom stereocenters. The fraction of sp³-hybridized carbons (Fsp3) is 0.273. The summed E-state index contributed by atoms with van der Waals surface area (Å²) in [5, 5.41) is 6.21. The molecule has 0 saturated carbocycles. The highest BCUT2D eigenvalue weighted by molar-refractivity contribution is 5.95. The Kier molecular flexibility index (Phi) is 6.07. The van der Waals surface area contributed by atoms with E-state index >= 15 is 0 Å². The predicted molar refractivity (Wildman–Crippen MR) is 112 cm³/mol. The Morgan fingerprint density at radius 3 is 2.55 bits per heavy atom. The highest BCUT2D eigenvalue weighted by atomic mass is 16.1. The zero-order valence-electron chi connectivity index (χ0n) is 16.2. The summed E-state index contributed by atoms with van der Waals surface area (Å²) in [6.45, 7) is 2.91. The molecule has 3 heterocycles. The number of hydrogen-bond acceptors (Lipinski definition) is 6. The first-order valence-corrected chi connectivity index (χ1v) is 9.82. The summed E-state index contributed by atoms with van der Waals surface area (Å²) < 4.78 is 0. The molecule has 1 fully saturated rings. The Hall–Kier alpha value is -3.32. The zero-order chi connectivity index (χ0) is 19.9. The highest BCUT2D eigenvalue weighted by Crippen LogP contribution is 2.16. The number of benzene rings is 1. The van der Waals surface area contributed by atoms with E-state index < -0.39 is 0 Å². The van der Waals surface area contributed by atoms with Crippen molar-refractivity contribution < 1.29 is 4.79 Å². The summed E-state index contributed by atoms with van der Waals surface area (Å²) in [6, 6.07) is 14.2. The Morgan fingerprint density at radius 2 is 1.79 bits per heavy atom. The molecule has 0 aliphatic carbocycles. The molecule has 1 saturated heterocycles. The SMILES string of the molecule is O=C(NC1CCN(Cc2ccccc2)CC1)c1cncc(Nc2ncccn2)c1. The van der Waals surface area contributed by atoms with E-state index in [1.54, 1.807) is 36.9 Å². The van der Waals surface area contributed by atoms with Gasteiger partial charge in [-0.15, -0.1) is 0 Å². The maximum Gasteiger partial charge on any atom is 0.253 e. The number of likely N-dealkylation sites (tertiary alicyclic amines) is 1. The molecule has 148 valence electrons. The number of nitrogens with zero attached hydrogens (tertiary/aromatic N) is 4. The van der Waals surface area contributed by atoms with Crippen LogP contribution in [0.5, 0.6) is 0 Å². The number of aromatic nitrogens is 3. The molecule has 0 bridgehead atoms. The Bertz CT molecular complexity index is 926. The first kappa shape index (κ1) is 19.0. The highest BCUT2D eigenvalue weighted by Gasteiger charge is 2.21. The van der Waals surface area contributed by atoms with Crippen LogP contribution in [-0.2, 0) is 6.54 Å². The van der Waals surface area contributed by atoms with E-state index in [0.29, 0.717) is 17.2 Å². The number of carbonyl (C=O) groups is 1. The molecule has 29 heavy (non-hydrogen) atoms. The van der Waals surface area contributed by atoms with Crippen LogP contribution in [0.3, 0.4) is 0 Å². The first-order valence-electron chi connectivity index (χ1n) is 9.82. The molecule has 7 heteroatoms. The molecule has 0 atom stereocenters. The quantitative estimate of drug-likeness (QED) is 0.675. The van der Waals surface area contributed by atoms with E-state index in [-0.39, 0.29) is 11.9 Å². The molecular weight excluding hydrogens is 364 g/mol. The van der Waals surface area contributed by atoms with Gasteiger partial charge in [0.1, 0.15) is 0 Å². The Balaban J connectivity index is 1.29. The minimum absolute atomic E-state index is 0.100. The van der Waals surface area contributed by atoms with E-state index in [9.17, 15) is 4.79 Å². The summed E-state index contributed by atoms with van der Waals surface area (Å²) in [5.74, 6) is 0.370. The summed E-state index contributed by atoms with van der Waals surface area (Å²) in [4.78, 5) is 27.5. The van der Waals surface area contributed by atoms with Gasteiger partial charge in [-0.1, -0.05) is 30.3 Å². The maximum absolute atomic E-state index is 12.7. The van der Waals surface area contributed by atoms with Crippen LogP contribution >= 0.6 is 0 Å². The first-order chi connectivity index (χ1) is 14.3. The topological polar surface area (TPSA) is 83.0 Å². The smallest absolute Gasteiger partial charge is 0.253 e. The second-order valence-corrected chi connectivity index (χ2v) is 7.17. The molecule has 1 amide bonds. The van der Waals surface area contributed by atoms with Gasteiger partial charge in [0, 0.05) is 44.3 Å².